The molecular formula is C53H67N7O12. The molecule has 1 aliphatic heterocycles. The van der Waals surface area contributed by atoms with Crippen molar-refractivity contribution < 1.29 is 57.7 Å². The van der Waals surface area contributed by atoms with Crippen molar-refractivity contribution in [2.24, 2.45) is 5.92 Å². The first-order valence-electron chi connectivity index (χ1n) is 23.8. The summed E-state index contributed by atoms with van der Waals surface area (Å²) in [4.78, 5) is 124. The number of benzene rings is 3. The van der Waals surface area contributed by atoms with Crippen molar-refractivity contribution in [1.82, 2.24) is 36.4 Å². The van der Waals surface area contributed by atoms with Gasteiger partial charge in [0.1, 0.15) is 42.9 Å². The molecule has 386 valence electrons. The second kappa shape index (κ2) is 28.1. The van der Waals surface area contributed by atoms with Crippen molar-refractivity contribution in [3.63, 3.8) is 0 Å². The van der Waals surface area contributed by atoms with E-state index < -0.39 is 102 Å². The molecule has 3 aromatic carbocycles. The van der Waals surface area contributed by atoms with Crippen LogP contribution in [0.5, 0.6) is 11.5 Å². The van der Waals surface area contributed by atoms with Gasteiger partial charge in [-0.25, -0.2) is 4.79 Å². The van der Waals surface area contributed by atoms with Crippen LogP contribution >= 0.6 is 0 Å². The molecule has 0 aromatic heterocycles. The van der Waals surface area contributed by atoms with Crippen molar-refractivity contribution >= 4 is 53.1 Å². The average Bonchev–Trinajstić information content (AvgIpc) is 3.37. The topological polar surface area (TPSA) is 259 Å². The fourth-order valence-electron chi connectivity index (χ4n) is 7.96. The van der Waals surface area contributed by atoms with Crippen LogP contribution < -0.4 is 36.1 Å². The Morgan fingerprint density at radius 2 is 1.43 bits per heavy atom. The molecule has 1 fully saturated rings. The summed E-state index contributed by atoms with van der Waals surface area (Å²) in [5, 5.41) is 22.7. The summed E-state index contributed by atoms with van der Waals surface area (Å²) >= 11 is 0. The molecular weight excluding hydrogens is 927 g/mol. The number of methoxy groups -OCH3 is 1. The van der Waals surface area contributed by atoms with E-state index in [1.165, 1.54) is 56.3 Å². The van der Waals surface area contributed by atoms with Crippen LogP contribution in [-0.4, -0.2) is 138 Å². The van der Waals surface area contributed by atoms with Crippen LogP contribution in [0, 0.1) is 5.92 Å². The Labute approximate surface area is 420 Å². The van der Waals surface area contributed by atoms with Gasteiger partial charge in [-0.2, -0.15) is 0 Å². The third-order valence-electron chi connectivity index (χ3n) is 11.9. The number of nitrogens with zero attached hydrogens (tertiary/aromatic N) is 2. The summed E-state index contributed by atoms with van der Waals surface area (Å²) in [5.41, 5.74) is 1.57. The Bertz CT molecular complexity index is 2410. The van der Waals surface area contributed by atoms with Crippen molar-refractivity contribution in [3.8, 4) is 11.5 Å². The number of nitrogens with one attached hydrogen (secondary N) is 5. The molecule has 4 rings (SSSR count). The molecule has 1 aliphatic rings. The Balaban J connectivity index is 1.49. The number of aliphatic carboxylic acids is 1. The zero-order chi connectivity index (χ0) is 52.9. The van der Waals surface area contributed by atoms with Crippen LogP contribution in [0.1, 0.15) is 74.4 Å². The normalized spacial score (nSPS) is 15.2. The second-order valence-corrected chi connectivity index (χ2v) is 17.8. The first-order valence-corrected chi connectivity index (χ1v) is 23.8. The highest BCUT2D eigenvalue weighted by Crippen LogP contribution is 2.29. The van der Waals surface area contributed by atoms with Gasteiger partial charge in [0.2, 0.25) is 35.4 Å². The third kappa shape index (κ3) is 16.7. The summed E-state index contributed by atoms with van der Waals surface area (Å²) in [6.45, 7) is 11.6. The molecule has 0 spiro atoms. The zero-order valence-electron chi connectivity index (χ0n) is 41.5. The summed E-state index contributed by atoms with van der Waals surface area (Å²) in [6, 6.07) is 15.1. The third-order valence-corrected chi connectivity index (χ3v) is 11.9. The van der Waals surface area contributed by atoms with E-state index in [2.05, 4.69) is 39.7 Å². The quantitative estimate of drug-likeness (QED) is 0.0366. The van der Waals surface area contributed by atoms with E-state index in [0.717, 1.165) is 10.5 Å². The number of aryl methyl sites for hydroxylation is 1. The molecule has 6 N–H and O–H groups in total. The van der Waals surface area contributed by atoms with Crippen LogP contribution in [0.2, 0.25) is 0 Å². The number of likely N-dealkylation sites (tertiary alicyclic amines) is 1. The summed E-state index contributed by atoms with van der Waals surface area (Å²) in [5.74, 6) is -7.29. The van der Waals surface area contributed by atoms with Gasteiger partial charge in [0.15, 0.2) is 11.5 Å². The number of amides is 7. The minimum absolute atomic E-state index is 0.00530. The Kier molecular flexibility index (Phi) is 22.2. The summed E-state index contributed by atoms with van der Waals surface area (Å²) in [6.07, 6.45) is 4.58. The number of rotatable bonds is 27. The minimum atomic E-state index is -1.28. The van der Waals surface area contributed by atoms with Gasteiger partial charge in [-0.1, -0.05) is 93.2 Å². The van der Waals surface area contributed by atoms with Crippen LogP contribution in [-0.2, 0) is 51.2 Å². The molecule has 7 amide bonds. The van der Waals surface area contributed by atoms with E-state index in [0.29, 0.717) is 30.6 Å². The number of ether oxygens (including phenoxy) is 2. The number of carboxylic acid groups (broad SMARTS) is 1. The van der Waals surface area contributed by atoms with Gasteiger partial charge in [-0.15, -0.1) is 6.58 Å². The van der Waals surface area contributed by atoms with Gasteiger partial charge in [-0.3, -0.25) is 38.4 Å². The molecule has 0 aliphatic carbocycles. The minimum Gasteiger partial charge on any atom is -0.493 e. The maximum absolute atomic E-state index is 14.2. The Morgan fingerprint density at radius 1 is 0.764 bits per heavy atom. The number of likely N-dealkylation sites (N-methyl/N-ethyl adjacent to an activating group) is 1. The summed E-state index contributed by atoms with van der Waals surface area (Å²) in [7, 11) is 2.77. The highest BCUT2D eigenvalue weighted by Gasteiger charge is 2.38. The lowest BCUT2D eigenvalue weighted by Gasteiger charge is -2.35. The molecule has 0 bridgehead atoms. The molecule has 1 saturated heterocycles. The van der Waals surface area contributed by atoms with Gasteiger partial charge >= 0.3 is 5.97 Å². The molecule has 0 saturated carbocycles. The molecule has 72 heavy (non-hydrogen) atoms. The lowest BCUT2D eigenvalue weighted by Crippen LogP contribution is -2.60. The van der Waals surface area contributed by atoms with E-state index in [4.69, 9.17) is 9.47 Å². The van der Waals surface area contributed by atoms with Crippen molar-refractivity contribution in [2.45, 2.75) is 102 Å². The Morgan fingerprint density at radius 3 is 2.04 bits per heavy atom. The van der Waals surface area contributed by atoms with Crippen molar-refractivity contribution in [1.29, 1.82) is 0 Å². The fourth-order valence-corrected chi connectivity index (χ4v) is 7.96. The maximum Gasteiger partial charge on any atom is 0.326 e. The number of carboxylic acids is 1. The lowest BCUT2D eigenvalue weighted by molar-refractivity contribution is -0.143. The van der Waals surface area contributed by atoms with Crippen molar-refractivity contribution in [2.75, 3.05) is 33.9 Å². The van der Waals surface area contributed by atoms with Gasteiger partial charge in [0.05, 0.1) is 13.7 Å². The molecule has 19 nitrogen and oxygen atoms in total. The van der Waals surface area contributed by atoms with Gasteiger partial charge in [-0.05, 0) is 80.7 Å². The zero-order valence-corrected chi connectivity index (χ0v) is 41.5. The van der Waals surface area contributed by atoms with E-state index >= 15 is 0 Å². The second-order valence-electron chi connectivity index (χ2n) is 17.8. The molecule has 19 heteroatoms. The Hall–Kier alpha value is -7.83. The van der Waals surface area contributed by atoms with E-state index in [1.807, 2.05) is 30.3 Å². The number of Topliss-reactive ketones (excluding diaryl/α,β-unsaturated/α-hetero) is 1. The predicted octanol–water partition coefficient (Wildman–Crippen LogP) is 2.92. The van der Waals surface area contributed by atoms with Gasteiger partial charge in [0, 0.05) is 25.6 Å². The number of ketones is 1. The van der Waals surface area contributed by atoms with Crippen LogP contribution in [0.3, 0.4) is 0 Å². The average molecular weight is 994 g/mol. The van der Waals surface area contributed by atoms with Crippen molar-refractivity contribution in [3.05, 3.63) is 121 Å². The number of carbonyl (C=O) groups excluding carboxylic acids is 8. The number of hydrogen-bond donors (Lipinski definition) is 6. The largest absolute Gasteiger partial charge is 0.493 e. The number of piperidine rings is 1. The first-order chi connectivity index (χ1) is 34.4. The predicted molar refractivity (Wildman–Crippen MR) is 268 cm³/mol. The fraction of sp³-hybridized carbons (Fsp3) is 0.415. The lowest BCUT2D eigenvalue weighted by atomic mass is 9.98. The van der Waals surface area contributed by atoms with Gasteiger partial charge < -0.3 is 51.0 Å². The van der Waals surface area contributed by atoms with Crippen LogP contribution in [0.4, 0.5) is 0 Å². The molecule has 0 radical (unpaired) electrons. The molecule has 3 aromatic rings. The molecule has 4 unspecified atom stereocenters. The van der Waals surface area contributed by atoms with E-state index in [-0.39, 0.29) is 50.1 Å². The highest BCUT2D eigenvalue weighted by atomic mass is 16.5. The SMILES string of the molecule is C=CCOc1cc(C(=O)C(=O)N2CCCC[C@H]2C(=O)N[C@H](CCc2ccccc2)C(=O)NC(C)C(=O)NC(C(=O)NC(Cc2ccccc2)C(=O)N(C)CC(=O)NC(CC=C)C(=O)O)C(C)C)ccc1OC. The first kappa shape index (κ1) is 56.8. The van der Waals surface area contributed by atoms with E-state index in [1.54, 1.807) is 44.2 Å². The monoisotopic (exact) mass is 993 g/mol. The highest BCUT2D eigenvalue weighted by molar-refractivity contribution is 6.43. The number of carbonyl (C=O) groups is 9. The van der Waals surface area contributed by atoms with E-state index in [9.17, 15) is 48.3 Å². The standard InChI is InChI=1S/C53H67N7O12/c1-8-18-39(53(69)70)55-44(61)32-59(6)51(67)40(30-36-21-14-11-15-22-36)57-50(66)45(33(3)4)58-47(63)34(5)54-48(64)38(26-24-35-19-12-10-13-20-35)56-49(65)41-23-16-17-28-60(41)52(68)46(62)37-25-27-42(71-7)43(31-37)72-29-9-2/h8-15,19-22,25,27,31,33-34,38-41,45H,1-2,16-18,23-24,26,28-30,32H2,3-7H3,(H,54,64)(H,55,61)(H,56,65)(H,57,66)(H,58,63)(H,69,70)/t34?,38-,39?,40?,41+,45?/m1/s1. The van der Waals surface area contributed by atoms with Crippen LogP contribution in [0.15, 0.2) is 104 Å². The van der Waals surface area contributed by atoms with Gasteiger partial charge in [0.25, 0.3) is 11.7 Å². The number of hydrogen-bond acceptors (Lipinski definition) is 11. The molecule has 1 heterocycles. The summed E-state index contributed by atoms with van der Waals surface area (Å²) < 4.78 is 11.0. The maximum atomic E-state index is 14.2. The smallest absolute Gasteiger partial charge is 0.326 e. The van der Waals surface area contributed by atoms with Crippen LogP contribution in [0.25, 0.3) is 0 Å². The molecule has 6 atom stereocenters.